The number of carbonyl (C=O) groups is 1. The molecule has 0 spiro atoms. The molecule has 0 atom stereocenters. The van der Waals surface area contributed by atoms with E-state index in [2.05, 4.69) is 4.90 Å². The van der Waals surface area contributed by atoms with Gasteiger partial charge in [0.25, 0.3) is 5.91 Å². The summed E-state index contributed by atoms with van der Waals surface area (Å²) < 4.78 is 18.7. The molecule has 0 radical (unpaired) electrons. The second-order valence-electron chi connectivity index (χ2n) is 6.07. The number of ether oxygens (including phenoxy) is 1. The number of benzene rings is 1. The van der Waals surface area contributed by atoms with Crippen LogP contribution in [0.25, 0.3) is 0 Å². The molecule has 2 aliphatic rings. The van der Waals surface area contributed by atoms with E-state index in [1.54, 1.807) is 18.2 Å². The average molecular weight is 306 g/mol. The predicted octanol–water partition coefficient (Wildman–Crippen LogP) is 2.29. The number of piperazine rings is 1. The number of para-hydroxylation sites is 1. The molecule has 1 aliphatic carbocycles. The van der Waals surface area contributed by atoms with E-state index in [9.17, 15) is 9.18 Å². The summed E-state index contributed by atoms with van der Waals surface area (Å²) >= 11 is 0. The van der Waals surface area contributed by atoms with E-state index in [-0.39, 0.29) is 18.3 Å². The molecule has 1 saturated heterocycles. The normalized spacial score (nSPS) is 20.3. The Morgan fingerprint density at radius 3 is 2.50 bits per heavy atom. The molecule has 1 heterocycles. The van der Waals surface area contributed by atoms with Crippen LogP contribution in [0.4, 0.5) is 4.39 Å². The molecule has 5 heteroatoms. The Labute approximate surface area is 130 Å². The van der Waals surface area contributed by atoms with Gasteiger partial charge in [0.15, 0.2) is 18.2 Å². The van der Waals surface area contributed by atoms with Crippen LogP contribution in [0.3, 0.4) is 0 Å². The number of nitrogens with zero attached hydrogens (tertiary/aromatic N) is 2. The first kappa shape index (κ1) is 15.3. The molecule has 0 N–H and O–H groups in total. The van der Waals surface area contributed by atoms with Crippen molar-refractivity contribution in [3.63, 3.8) is 0 Å². The SMILES string of the molecule is O=C(COc1ccccc1F)N1CCN(C2CCCC2)CC1. The zero-order chi connectivity index (χ0) is 15.4. The van der Waals surface area contributed by atoms with E-state index in [0.717, 1.165) is 26.2 Å². The largest absolute Gasteiger partial charge is 0.481 e. The van der Waals surface area contributed by atoms with E-state index in [1.165, 1.54) is 31.7 Å². The third-order valence-electron chi connectivity index (χ3n) is 4.70. The number of amides is 1. The van der Waals surface area contributed by atoms with Crippen LogP contribution in [0, 0.1) is 5.82 Å². The van der Waals surface area contributed by atoms with Crippen LogP contribution < -0.4 is 4.74 Å². The lowest BCUT2D eigenvalue weighted by Crippen LogP contribution is -2.52. The summed E-state index contributed by atoms with van der Waals surface area (Å²) in [7, 11) is 0. The highest BCUT2D eigenvalue weighted by molar-refractivity contribution is 5.77. The second-order valence-corrected chi connectivity index (χ2v) is 6.07. The van der Waals surface area contributed by atoms with Gasteiger partial charge in [0.1, 0.15) is 0 Å². The summed E-state index contributed by atoms with van der Waals surface area (Å²) in [5.74, 6) is -0.351. The van der Waals surface area contributed by atoms with Crippen LogP contribution >= 0.6 is 0 Å². The monoisotopic (exact) mass is 306 g/mol. The molecule has 120 valence electrons. The van der Waals surface area contributed by atoms with Gasteiger partial charge in [-0.2, -0.15) is 0 Å². The molecule has 1 aliphatic heterocycles. The van der Waals surface area contributed by atoms with Crippen molar-refractivity contribution in [2.75, 3.05) is 32.8 Å². The Balaban J connectivity index is 1.45. The average Bonchev–Trinajstić information content (AvgIpc) is 3.08. The molecule has 1 aromatic carbocycles. The van der Waals surface area contributed by atoms with Gasteiger partial charge >= 0.3 is 0 Å². The number of hydrogen-bond acceptors (Lipinski definition) is 3. The summed E-state index contributed by atoms with van der Waals surface area (Å²) in [6, 6.07) is 6.89. The molecule has 0 aromatic heterocycles. The maximum Gasteiger partial charge on any atom is 0.260 e. The quantitative estimate of drug-likeness (QED) is 0.855. The minimum absolute atomic E-state index is 0.0608. The van der Waals surface area contributed by atoms with Gasteiger partial charge in [0.05, 0.1) is 0 Å². The molecule has 1 aromatic rings. The molecule has 1 amide bonds. The second kappa shape index (κ2) is 7.09. The van der Waals surface area contributed by atoms with E-state index >= 15 is 0 Å². The molecule has 22 heavy (non-hydrogen) atoms. The van der Waals surface area contributed by atoms with Crippen molar-refractivity contribution in [3.8, 4) is 5.75 Å². The van der Waals surface area contributed by atoms with Crippen molar-refractivity contribution >= 4 is 5.91 Å². The zero-order valence-electron chi connectivity index (χ0n) is 12.8. The smallest absolute Gasteiger partial charge is 0.260 e. The van der Waals surface area contributed by atoms with Gasteiger partial charge in [-0.1, -0.05) is 25.0 Å². The van der Waals surface area contributed by atoms with Crippen molar-refractivity contribution in [2.24, 2.45) is 0 Å². The lowest BCUT2D eigenvalue weighted by molar-refractivity contribution is -0.135. The van der Waals surface area contributed by atoms with Crippen molar-refractivity contribution in [1.29, 1.82) is 0 Å². The Hall–Kier alpha value is -1.62. The van der Waals surface area contributed by atoms with Crippen molar-refractivity contribution in [2.45, 2.75) is 31.7 Å². The molecular weight excluding hydrogens is 283 g/mol. The van der Waals surface area contributed by atoms with Crippen LogP contribution in [0.15, 0.2) is 24.3 Å². The first-order valence-electron chi connectivity index (χ1n) is 8.13. The van der Waals surface area contributed by atoms with Gasteiger partial charge in [-0.15, -0.1) is 0 Å². The van der Waals surface area contributed by atoms with E-state index < -0.39 is 5.82 Å². The highest BCUT2D eigenvalue weighted by Gasteiger charge is 2.27. The zero-order valence-corrected chi connectivity index (χ0v) is 12.8. The third-order valence-corrected chi connectivity index (χ3v) is 4.70. The van der Waals surface area contributed by atoms with Gasteiger partial charge < -0.3 is 9.64 Å². The molecule has 0 bridgehead atoms. The molecule has 4 nitrogen and oxygen atoms in total. The number of halogens is 1. The fraction of sp³-hybridized carbons (Fsp3) is 0.588. The Bertz CT molecular complexity index is 509. The van der Waals surface area contributed by atoms with Crippen LogP contribution in [-0.4, -0.2) is 54.5 Å². The molecule has 2 fully saturated rings. The van der Waals surface area contributed by atoms with Crippen molar-refractivity contribution in [3.05, 3.63) is 30.1 Å². The van der Waals surface area contributed by atoms with Crippen LogP contribution in [0.5, 0.6) is 5.75 Å². The van der Waals surface area contributed by atoms with Gasteiger partial charge in [-0.25, -0.2) is 4.39 Å². The standard InChI is InChI=1S/C17H23FN2O2/c18-15-7-3-4-8-16(15)22-13-17(21)20-11-9-19(10-12-20)14-5-1-2-6-14/h3-4,7-8,14H,1-2,5-6,9-13H2. The summed E-state index contributed by atoms with van der Waals surface area (Å²) in [5, 5.41) is 0. The predicted molar refractivity (Wildman–Crippen MR) is 82.3 cm³/mol. The van der Waals surface area contributed by atoms with E-state index in [1.807, 2.05) is 4.90 Å². The minimum Gasteiger partial charge on any atom is -0.481 e. The topological polar surface area (TPSA) is 32.8 Å². The first-order chi connectivity index (χ1) is 10.7. The molecule has 3 rings (SSSR count). The molecular formula is C17H23FN2O2. The maximum absolute atomic E-state index is 13.4. The van der Waals surface area contributed by atoms with Gasteiger partial charge in [0.2, 0.25) is 0 Å². The highest BCUT2D eigenvalue weighted by Crippen LogP contribution is 2.24. The Morgan fingerprint density at radius 2 is 1.82 bits per heavy atom. The van der Waals surface area contributed by atoms with Crippen molar-refractivity contribution < 1.29 is 13.9 Å². The van der Waals surface area contributed by atoms with Gasteiger partial charge in [-0.05, 0) is 25.0 Å². The van der Waals surface area contributed by atoms with Crippen LogP contribution in [0.2, 0.25) is 0 Å². The van der Waals surface area contributed by atoms with Gasteiger partial charge in [-0.3, -0.25) is 9.69 Å². The number of hydrogen-bond donors (Lipinski definition) is 0. The minimum atomic E-state index is -0.429. The van der Waals surface area contributed by atoms with E-state index in [0.29, 0.717) is 6.04 Å². The maximum atomic E-state index is 13.4. The fourth-order valence-corrected chi connectivity index (χ4v) is 3.40. The van der Waals surface area contributed by atoms with Crippen LogP contribution in [-0.2, 0) is 4.79 Å². The fourth-order valence-electron chi connectivity index (χ4n) is 3.40. The summed E-state index contributed by atoms with van der Waals surface area (Å²) in [5.41, 5.74) is 0. The summed E-state index contributed by atoms with van der Waals surface area (Å²) in [6.45, 7) is 3.28. The first-order valence-corrected chi connectivity index (χ1v) is 8.13. The number of rotatable bonds is 4. The lowest BCUT2D eigenvalue weighted by atomic mass is 10.2. The molecule has 1 saturated carbocycles. The summed E-state index contributed by atoms with van der Waals surface area (Å²) in [6.07, 6.45) is 5.26. The third kappa shape index (κ3) is 3.58. The highest BCUT2D eigenvalue weighted by atomic mass is 19.1. The lowest BCUT2D eigenvalue weighted by Gasteiger charge is -2.38. The van der Waals surface area contributed by atoms with Crippen molar-refractivity contribution in [1.82, 2.24) is 9.80 Å². The van der Waals surface area contributed by atoms with Crippen LogP contribution in [0.1, 0.15) is 25.7 Å². The molecule has 0 unspecified atom stereocenters. The van der Waals surface area contributed by atoms with E-state index in [4.69, 9.17) is 4.74 Å². The Morgan fingerprint density at radius 1 is 1.14 bits per heavy atom. The van der Waals surface area contributed by atoms with Gasteiger partial charge in [0, 0.05) is 32.2 Å². The number of carbonyl (C=O) groups excluding carboxylic acids is 1. The summed E-state index contributed by atoms with van der Waals surface area (Å²) in [4.78, 5) is 16.5. The Kier molecular flexibility index (Phi) is 4.93.